The first-order valence-corrected chi connectivity index (χ1v) is 14.0. The molecule has 3 aliphatic rings. The first kappa shape index (κ1) is 30.6. The molecule has 0 saturated carbocycles. The number of benzene rings is 2. The Kier molecular flexibility index (Phi) is 7.88. The van der Waals surface area contributed by atoms with Gasteiger partial charge in [-0.25, -0.2) is 9.59 Å². The summed E-state index contributed by atoms with van der Waals surface area (Å²) in [5, 5.41) is 11.2. The molecule has 0 aliphatic heterocycles. The lowest BCUT2D eigenvalue weighted by atomic mass is 9.46. The Labute approximate surface area is 246 Å². The van der Waals surface area contributed by atoms with Crippen LogP contribution in [0.15, 0.2) is 59.7 Å². The van der Waals surface area contributed by atoms with Crippen molar-refractivity contribution in [3.8, 4) is 0 Å². The van der Waals surface area contributed by atoms with E-state index in [1.54, 1.807) is 41.5 Å². The number of likely N-dealkylation sites (N-methyl/N-ethyl adjacent to an activating group) is 2. The van der Waals surface area contributed by atoms with Gasteiger partial charge in [0.1, 0.15) is 11.2 Å². The van der Waals surface area contributed by atoms with Gasteiger partial charge in [0, 0.05) is 38.3 Å². The minimum atomic E-state index is -1.25. The first-order valence-electron chi connectivity index (χ1n) is 14.0. The van der Waals surface area contributed by atoms with E-state index >= 15 is 0 Å². The summed E-state index contributed by atoms with van der Waals surface area (Å²) in [5.74, 6) is -0.963. The summed E-state index contributed by atoms with van der Waals surface area (Å²) in [6.07, 6.45) is -1.31. The fourth-order valence-electron chi connectivity index (χ4n) is 6.17. The topological polar surface area (TPSA) is 135 Å². The lowest BCUT2D eigenvalue weighted by Crippen LogP contribution is -2.62. The summed E-state index contributed by atoms with van der Waals surface area (Å²) in [6, 6.07) is 15.0. The summed E-state index contributed by atoms with van der Waals surface area (Å²) in [7, 11) is 3.00. The fraction of sp³-hybridized carbons (Fsp3) is 0.438. The third kappa shape index (κ3) is 5.10. The minimum Gasteiger partial charge on any atom is -0.444 e. The van der Waals surface area contributed by atoms with Crippen molar-refractivity contribution in [1.29, 1.82) is 0 Å². The third-order valence-corrected chi connectivity index (χ3v) is 7.50. The Bertz CT molecular complexity index is 1310. The van der Waals surface area contributed by atoms with Crippen molar-refractivity contribution in [3.63, 3.8) is 0 Å². The van der Waals surface area contributed by atoms with E-state index in [9.17, 15) is 19.2 Å². The molecule has 0 spiro atoms. The number of hydrogen-bond acceptors (Lipinski definition) is 6. The van der Waals surface area contributed by atoms with Crippen LogP contribution in [0, 0.1) is 0 Å². The van der Waals surface area contributed by atoms with E-state index < -0.39 is 46.0 Å². The molecule has 0 radical (unpaired) electrons. The SMILES string of the molecule is CNC(=O)C1=C(C(=O)NC)C2(CNC(=O)OC(C)(C)C)c3ccccc3C1(CNC(=O)OC(C)(C)C)c1ccccc12. The molecule has 0 aromatic heterocycles. The smallest absolute Gasteiger partial charge is 0.407 e. The summed E-state index contributed by atoms with van der Waals surface area (Å²) in [5.41, 5.74) is -0.687. The molecular weight excluding hydrogens is 536 g/mol. The molecule has 224 valence electrons. The highest BCUT2D eigenvalue weighted by molar-refractivity contribution is 6.12. The molecule has 0 saturated heterocycles. The van der Waals surface area contributed by atoms with Gasteiger partial charge in [-0.3, -0.25) is 9.59 Å². The molecule has 5 rings (SSSR count). The molecule has 0 heterocycles. The summed E-state index contributed by atoms with van der Waals surface area (Å²) in [6.45, 7) is 10.5. The lowest BCUT2D eigenvalue weighted by Gasteiger charge is -2.56. The second kappa shape index (κ2) is 10.8. The third-order valence-electron chi connectivity index (χ3n) is 7.50. The molecule has 4 amide bonds. The van der Waals surface area contributed by atoms with Gasteiger partial charge in [0.05, 0.1) is 10.8 Å². The van der Waals surface area contributed by atoms with Gasteiger partial charge in [-0.2, -0.15) is 0 Å². The van der Waals surface area contributed by atoms with Gasteiger partial charge in [0.15, 0.2) is 0 Å². The first-order chi connectivity index (χ1) is 19.6. The molecule has 2 aromatic carbocycles. The number of nitrogens with one attached hydrogen (secondary N) is 4. The van der Waals surface area contributed by atoms with Crippen molar-refractivity contribution in [2.24, 2.45) is 0 Å². The van der Waals surface area contributed by atoms with E-state index in [2.05, 4.69) is 21.3 Å². The summed E-state index contributed by atoms with van der Waals surface area (Å²) < 4.78 is 11.1. The van der Waals surface area contributed by atoms with E-state index in [1.807, 2.05) is 48.5 Å². The van der Waals surface area contributed by atoms with Crippen LogP contribution in [0.4, 0.5) is 9.59 Å². The highest BCUT2D eigenvalue weighted by atomic mass is 16.6. The van der Waals surface area contributed by atoms with E-state index in [0.717, 1.165) is 22.3 Å². The predicted octanol–water partition coefficient (Wildman–Crippen LogP) is 3.42. The molecule has 2 bridgehead atoms. The largest absolute Gasteiger partial charge is 0.444 e. The molecule has 3 aliphatic carbocycles. The molecule has 0 atom stereocenters. The minimum absolute atomic E-state index is 0.0608. The van der Waals surface area contributed by atoms with E-state index in [4.69, 9.17) is 9.47 Å². The fourth-order valence-corrected chi connectivity index (χ4v) is 6.17. The maximum absolute atomic E-state index is 13.9. The van der Waals surface area contributed by atoms with Crippen molar-refractivity contribution >= 4 is 24.0 Å². The number of rotatable bonds is 6. The van der Waals surface area contributed by atoms with Gasteiger partial charge in [-0.05, 0) is 63.8 Å². The van der Waals surface area contributed by atoms with Gasteiger partial charge >= 0.3 is 12.2 Å². The van der Waals surface area contributed by atoms with Crippen molar-refractivity contribution in [3.05, 3.63) is 81.9 Å². The zero-order chi connectivity index (χ0) is 31.1. The second-order valence-corrected chi connectivity index (χ2v) is 12.5. The van der Waals surface area contributed by atoms with E-state index in [-0.39, 0.29) is 24.2 Å². The highest BCUT2D eigenvalue weighted by Crippen LogP contribution is 2.61. The average molecular weight is 577 g/mol. The van der Waals surface area contributed by atoms with Crippen LogP contribution in [-0.4, -0.2) is 62.4 Å². The van der Waals surface area contributed by atoms with Crippen LogP contribution in [0.5, 0.6) is 0 Å². The number of amides is 4. The van der Waals surface area contributed by atoms with Crippen molar-refractivity contribution in [2.45, 2.75) is 63.6 Å². The van der Waals surface area contributed by atoms with Crippen molar-refractivity contribution in [2.75, 3.05) is 27.2 Å². The quantitative estimate of drug-likeness (QED) is 0.416. The molecule has 4 N–H and O–H groups in total. The number of ether oxygens (including phenoxy) is 2. The van der Waals surface area contributed by atoms with Gasteiger partial charge in [0.2, 0.25) is 11.8 Å². The number of carbonyl (C=O) groups excluding carboxylic acids is 4. The van der Waals surface area contributed by atoms with Crippen LogP contribution in [-0.2, 0) is 29.9 Å². The lowest BCUT2D eigenvalue weighted by molar-refractivity contribution is -0.120. The number of alkyl carbamates (subject to hydrolysis) is 2. The molecule has 10 heteroatoms. The standard InChI is InChI=1S/C32H40N4O6/c1-29(2,3)41-27(39)35-17-31-19-13-9-11-15-21(19)32(22-16-12-10-14-20(22)31,18-36-28(40)42-30(4,5)6)24(26(38)34-8)23(31)25(37)33-7/h9-16H,17-18H2,1-8H3,(H,33,37)(H,34,38)(H,35,39)(H,36,40). The van der Waals surface area contributed by atoms with Crippen LogP contribution >= 0.6 is 0 Å². The Morgan fingerprint density at radius 2 is 0.881 bits per heavy atom. The van der Waals surface area contributed by atoms with Gasteiger partial charge in [0.25, 0.3) is 0 Å². The molecule has 2 aromatic rings. The van der Waals surface area contributed by atoms with Crippen LogP contribution in [0.1, 0.15) is 63.8 Å². The van der Waals surface area contributed by atoms with E-state index in [1.165, 1.54) is 14.1 Å². The van der Waals surface area contributed by atoms with Gasteiger partial charge in [-0.1, -0.05) is 48.5 Å². The maximum atomic E-state index is 13.9. The van der Waals surface area contributed by atoms with Crippen LogP contribution in [0.3, 0.4) is 0 Å². The normalized spacial score (nSPS) is 20.6. The second-order valence-electron chi connectivity index (χ2n) is 12.5. The van der Waals surface area contributed by atoms with Gasteiger partial charge < -0.3 is 30.7 Å². The monoisotopic (exact) mass is 576 g/mol. The Morgan fingerprint density at radius 1 is 0.595 bits per heavy atom. The average Bonchev–Trinajstić information content (AvgIpc) is 2.92. The number of hydrogen-bond donors (Lipinski definition) is 4. The van der Waals surface area contributed by atoms with Crippen LogP contribution in [0.2, 0.25) is 0 Å². The number of carbonyl (C=O) groups is 4. The molecular formula is C32H40N4O6. The van der Waals surface area contributed by atoms with Crippen molar-refractivity contribution in [1.82, 2.24) is 21.3 Å². The van der Waals surface area contributed by atoms with Gasteiger partial charge in [-0.15, -0.1) is 0 Å². The molecule has 42 heavy (non-hydrogen) atoms. The van der Waals surface area contributed by atoms with Crippen molar-refractivity contribution < 1.29 is 28.7 Å². The zero-order valence-electron chi connectivity index (χ0n) is 25.5. The van der Waals surface area contributed by atoms with E-state index in [0.29, 0.717) is 0 Å². The zero-order valence-corrected chi connectivity index (χ0v) is 25.5. The Balaban J connectivity index is 2.05. The van der Waals surface area contributed by atoms with Crippen LogP contribution < -0.4 is 21.3 Å². The van der Waals surface area contributed by atoms with Crippen LogP contribution in [0.25, 0.3) is 0 Å². The molecule has 10 nitrogen and oxygen atoms in total. The molecule has 0 unspecified atom stereocenters. The summed E-state index contributed by atoms with van der Waals surface area (Å²) in [4.78, 5) is 53.9. The molecule has 0 fully saturated rings. The maximum Gasteiger partial charge on any atom is 0.407 e. The predicted molar refractivity (Wildman–Crippen MR) is 158 cm³/mol. The Hall–Kier alpha value is -4.34. The summed E-state index contributed by atoms with van der Waals surface area (Å²) >= 11 is 0. The highest BCUT2D eigenvalue weighted by Gasteiger charge is 2.63. The Morgan fingerprint density at radius 3 is 1.12 bits per heavy atom.